The Morgan fingerprint density at radius 1 is 1.04 bits per heavy atom. The van der Waals surface area contributed by atoms with E-state index in [4.69, 9.17) is 0 Å². The van der Waals surface area contributed by atoms with Crippen molar-refractivity contribution < 1.29 is 4.79 Å². The summed E-state index contributed by atoms with van der Waals surface area (Å²) in [5.41, 5.74) is 3.85. The largest absolute Gasteiger partial charge is 0.325 e. The van der Waals surface area contributed by atoms with Gasteiger partial charge in [-0.3, -0.25) is 4.79 Å². The lowest BCUT2D eigenvalue weighted by Crippen LogP contribution is -2.22. The zero-order valence-corrected chi connectivity index (χ0v) is 15.0. The van der Waals surface area contributed by atoms with E-state index in [1.165, 1.54) is 18.1 Å². The molecule has 0 saturated heterocycles. The fourth-order valence-electron chi connectivity index (χ4n) is 2.29. The highest BCUT2D eigenvalue weighted by atomic mass is 32.2. The molecule has 0 aliphatic rings. The second-order valence-corrected chi connectivity index (χ2v) is 7.08. The number of carbonyl (C=O) groups is 1. The van der Waals surface area contributed by atoms with Gasteiger partial charge in [0.05, 0.1) is 10.9 Å². The maximum atomic E-state index is 12.4. The van der Waals surface area contributed by atoms with Gasteiger partial charge in [0.2, 0.25) is 5.91 Å². The lowest BCUT2D eigenvalue weighted by atomic mass is 10.1. The summed E-state index contributed by atoms with van der Waals surface area (Å²) in [5, 5.41) is 3.45. The quantitative estimate of drug-likeness (QED) is 0.541. The number of benzene rings is 2. The van der Waals surface area contributed by atoms with Gasteiger partial charge in [-0.2, -0.15) is 0 Å². The topological polar surface area (TPSA) is 54.9 Å². The molecule has 1 atom stereocenters. The Balaban J connectivity index is 1.67. The van der Waals surface area contributed by atoms with Gasteiger partial charge in [-0.05, 0) is 32.0 Å². The van der Waals surface area contributed by atoms with Crippen molar-refractivity contribution in [1.29, 1.82) is 0 Å². The zero-order valence-electron chi connectivity index (χ0n) is 14.1. The van der Waals surface area contributed by atoms with Gasteiger partial charge >= 0.3 is 0 Å². The second-order valence-electron chi connectivity index (χ2n) is 5.72. The molecule has 1 N–H and O–H groups in total. The Hall–Kier alpha value is -2.66. The van der Waals surface area contributed by atoms with Crippen LogP contribution in [-0.4, -0.2) is 21.1 Å². The van der Waals surface area contributed by atoms with Crippen molar-refractivity contribution in [2.45, 2.75) is 24.1 Å². The molecule has 25 heavy (non-hydrogen) atoms. The number of thioether (sulfide) groups is 1. The van der Waals surface area contributed by atoms with E-state index < -0.39 is 0 Å². The minimum Gasteiger partial charge on any atom is -0.325 e. The summed E-state index contributed by atoms with van der Waals surface area (Å²) in [6.07, 6.45) is 1.54. The van der Waals surface area contributed by atoms with Crippen molar-refractivity contribution in [1.82, 2.24) is 9.97 Å². The molecular weight excluding hydrogens is 330 g/mol. The van der Waals surface area contributed by atoms with Gasteiger partial charge in [0.1, 0.15) is 11.4 Å². The normalized spacial score (nSPS) is 11.8. The van der Waals surface area contributed by atoms with Gasteiger partial charge in [0, 0.05) is 11.3 Å². The van der Waals surface area contributed by atoms with Crippen molar-refractivity contribution in [3.05, 3.63) is 72.6 Å². The Kier molecular flexibility index (Phi) is 5.46. The lowest BCUT2D eigenvalue weighted by Gasteiger charge is -2.12. The molecule has 0 aliphatic heterocycles. The number of hydrogen-bond acceptors (Lipinski definition) is 4. The smallest absolute Gasteiger partial charge is 0.237 e. The summed E-state index contributed by atoms with van der Waals surface area (Å²) in [6, 6.07) is 19.6. The van der Waals surface area contributed by atoms with Crippen molar-refractivity contribution in [2.24, 2.45) is 0 Å². The van der Waals surface area contributed by atoms with Crippen LogP contribution in [-0.2, 0) is 4.79 Å². The average molecular weight is 349 g/mol. The van der Waals surface area contributed by atoms with Gasteiger partial charge in [0.15, 0.2) is 0 Å². The first-order valence-electron chi connectivity index (χ1n) is 8.03. The van der Waals surface area contributed by atoms with E-state index in [1.807, 2.05) is 74.5 Å². The van der Waals surface area contributed by atoms with Gasteiger partial charge in [-0.25, -0.2) is 9.97 Å². The van der Waals surface area contributed by atoms with Crippen LogP contribution in [0, 0.1) is 6.92 Å². The number of carbonyl (C=O) groups excluding carboxylic acids is 1. The van der Waals surface area contributed by atoms with Crippen molar-refractivity contribution in [3.8, 4) is 11.3 Å². The van der Waals surface area contributed by atoms with Crippen LogP contribution >= 0.6 is 11.8 Å². The minimum atomic E-state index is -0.264. The van der Waals surface area contributed by atoms with Gasteiger partial charge in [0.25, 0.3) is 0 Å². The van der Waals surface area contributed by atoms with E-state index in [1.54, 1.807) is 0 Å². The van der Waals surface area contributed by atoms with Crippen LogP contribution in [0.2, 0.25) is 0 Å². The van der Waals surface area contributed by atoms with E-state index in [0.717, 1.165) is 27.5 Å². The van der Waals surface area contributed by atoms with Crippen LogP contribution < -0.4 is 5.32 Å². The number of aromatic nitrogens is 2. The third kappa shape index (κ3) is 4.67. The van der Waals surface area contributed by atoms with Crippen LogP contribution in [0.15, 0.2) is 72.0 Å². The summed E-state index contributed by atoms with van der Waals surface area (Å²) in [5.74, 6) is -0.0475. The lowest BCUT2D eigenvalue weighted by molar-refractivity contribution is -0.115. The van der Waals surface area contributed by atoms with E-state index in [2.05, 4.69) is 15.3 Å². The van der Waals surface area contributed by atoms with Crippen molar-refractivity contribution in [2.75, 3.05) is 5.32 Å². The zero-order chi connectivity index (χ0) is 17.6. The molecule has 126 valence electrons. The molecule has 0 unspecified atom stereocenters. The van der Waals surface area contributed by atoms with Crippen LogP contribution in [0.4, 0.5) is 5.69 Å². The molecule has 0 saturated carbocycles. The maximum absolute atomic E-state index is 12.4. The SMILES string of the molecule is Cc1ccc(NC(=O)[C@H](C)Sc2cc(-c3ccccc3)ncn2)cc1. The van der Waals surface area contributed by atoms with Crippen LogP contribution in [0.1, 0.15) is 12.5 Å². The molecule has 0 fully saturated rings. The van der Waals surface area contributed by atoms with Crippen molar-refractivity contribution in [3.63, 3.8) is 0 Å². The van der Waals surface area contributed by atoms with E-state index >= 15 is 0 Å². The number of aryl methyl sites for hydroxylation is 1. The Bertz CT molecular complexity index is 850. The molecule has 1 aromatic heterocycles. The molecule has 1 amide bonds. The third-order valence-electron chi connectivity index (χ3n) is 3.70. The molecule has 3 aromatic rings. The highest BCUT2D eigenvalue weighted by Crippen LogP contribution is 2.25. The summed E-state index contributed by atoms with van der Waals surface area (Å²) in [4.78, 5) is 21.0. The van der Waals surface area contributed by atoms with E-state index in [9.17, 15) is 4.79 Å². The number of amides is 1. The number of hydrogen-bond donors (Lipinski definition) is 1. The standard InChI is InChI=1S/C20H19N3OS/c1-14-8-10-17(11-9-14)23-20(24)15(2)25-19-12-18(21-13-22-19)16-6-4-3-5-7-16/h3-13,15H,1-2H3,(H,23,24)/t15-/m0/s1. The maximum Gasteiger partial charge on any atom is 0.237 e. The number of anilines is 1. The van der Waals surface area contributed by atoms with E-state index in [0.29, 0.717) is 0 Å². The van der Waals surface area contributed by atoms with Crippen LogP contribution in [0.3, 0.4) is 0 Å². The molecule has 4 nitrogen and oxygen atoms in total. The van der Waals surface area contributed by atoms with Gasteiger partial charge < -0.3 is 5.32 Å². The fraction of sp³-hybridized carbons (Fsp3) is 0.150. The van der Waals surface area contributed by atoms with Gasteiger partial charge in [-0.15, -0.1) is 0 Å². The molecule has 0 radical (unpaired) electrons. The minimum absolute atomic E-state index is 0.0475. The van der Waals surface area contributed by atoms with Gasteiger partial charge in [-0.1, -0.05) is 59.8 Å². The summed E-state index contributed by atoms with van der Waals surface area (Å²) >= 11 is 1.42. The molecule has 0 aliphatic carbocycles. The summed E-state index contributed by atoms with van der Waals surface area (Å²) in [7, 11) is 0. The molecule has 5 heteroatoms. The highest BCUT2D eigenvalue weighted by molar-refractivity contribution is 8.00. The average Bonchev–Trinajstić information content (AvgIpc) is 2.64. The monoisotopic (exact) mass is 349 g/mol. The number of nitrogens with one attached hydrogen (secondary N) is 1. The summed E-state index contributed by atoms with van der Waals surface area (Å²) < 4.78 is 0. The Morgan fingerprint density at radius 3 is 2.48 bits per heavy atom. The predicted molar refractivity (Wildman–Crippen MR) is 103 cm³/mol. The third-order valence-corrected chi connectivity index (χ3v) is 4.73. The number of rotatable bonds is 5. The predicted octanol–water partition coefficient (Wildman–Crippen LogP) is 4.57. The highest BCUT2D eigenvalue weighted by Gasteiger charge is 2.16. The van der Waals surface area contributed by atoms with E-state index in [-0.39, 0.29) is 11.2 Å². The molecule has 0 spiro atoms. The fourth-order valence-corrected chi connectivity index (χ4v) is 3.10. The first kappa shape index (κ1) is 17.2. The molecular formula is C20H19N3OS. The number of nitrogens with zero attached hydrogens (tertiary/aromatic N) is 2. The summed E-state index contributed by atoms with van der Waals surface area (Å²) in [6.45, 7) is 3.89. The Morgan fingerprint density at radius 2 is 1.76 bits per heavy atom. The van der Waals surface area contributed by atoms with Crippen molar-refractivity contribution >= 4 is 23.4 Å². The van der Waals surface area contributed by atoms with Crippen LogP contribution in [0.5, 0.6) is 0 Å². The molecule has 1 heterocycles. The Labute approximate surface area is 151 Å². The van der Waals surface area contributed by atoms with Crippen LogP contribution in [0.25, 0.3) is 11.3 Å². The molecule has 2 aromatic carbocycles. The second kappa shape index (κ2) is 7.94. The first-order chi connectivity index (χ1) is 12.1. The molecule has 0 bridgehead atoms. The molecule has 3 rings (SSSR count). The first-order valence-corrected chi connectivity index (χ1v) is 8.91.